The van der Waals surface area contributed by atoms with E-state index in [2.05, 4.69) is 33.7 Å². The zero-order valence-corrected chi connectivity index (χ0v) is 18.9. The number of nitrogens with zero attached hydrogens (tertiary/aromatic N) is 3. The minimum absolute atomic E-state index is 0.00563. The molecule has 0 unspecified atom stereocenters. The van der Waals surface area contributed by atoms with Crippen LogP contribution in [0.1, 0.15) is 56.8 Å². The molecule has 1 aromatic carbocycles. The Kier molecular flexibility index (Phi) is 5.53. The van der Waals surface area contributed by atoms with Crippen molar-refractivity contribution >= 4 is 28.7 Å². The molecule has 3 aliphatic rings. The third kappa shape index (κ3) is 3.34. The van der Waals surface area contributed by atoms with Crippen LogP contribution < -0.4 is 0 Å². The topological polar surface area (TPSA) is 73.1 Å². The number of hydrogen-bond acceptors (Lipinski definition) is 6. The van der Waals surface area contributed by atoms with Crippen LogP contribution >= 0.6 is 0 Å². The Hall–Kier alpha value is -2.67. The number of carbonyl (C=O) groups excluding carboxylic acids is 2. The standard InChI is InChI=1S/C25H31N3O4/c1-3-31-21(29)15-25-11-7-12-27-13-10-18-17-8-5-6-9-19(17)28(23(18)24(25)27)20(14-25)26-16-22(30)32-4-2/h5-6,8-9,24H,3-4,7,10-16H2,1-2H3/t24-,25-/m1/s1. The summed E-state index contributed by atoms with van der Waals surface area (Å²) in [5.74, 6) is 0.396. The molecule has 0 saturated carbocycles. The number of ether oxygens (including phenoxy) is 2. The number of aromatic nitrogens is 1. The third-order valence-corrected chi connectivity index (χ3v) is 7.26. The number of fused-ring (bicyclic) bond motifs is 3. The monoisotopic (exact) mass is 437 g/mol. The molecule has 0 radical (unpaired) electrons. The molecule has 170 valence electrons. The molecule has 2 atom stereocenters. The van der Waals surface area contributed by atoms with Crippen LogP contribution in [0.2, 0.25) is 0 Å². The van der Waals surface area contributed by atoms with E-state index in [1.54, 1.807) is 6.92 Å². The van der Waals surface area contributed by atoms with Crippen molar-refractivity contribution in [1.82, 2.24) is 9.47 Å². The van der Waals surface area contributed by atoms with Crippen molar-refractivity contribution < 1.29 is 19.1 Å². The van der Waals surface area contributed by atoms with Gasteiger partial charge in [-0.15, -0.1) is 0 Å². The minimum Gasteiger partial charge on any atom is -0.466 e. The van der Waals surface area contributed by atoms with Gasteiger partial charge < -0.3 is 14.0 Å². The molecule has 1 fully saturated rings. The fourth-order valence-electron chi connectivity index (χ4n) is 6.22. The lowest BCUT2D eigenvalue weighted by Crippen LogP contribution is -2.54. The van der Waals surface area contributed by atoms with Gasteiger partial charge in [0, 0.05) is 29.5 Å². The second-order valence-corrected chi connectivity index (χ2v) is 9.07. The summed E-state index contributed by atoms with van der Waals surface area (Å²) in [6.07, 6.45) is 4.02. The second-order valence-electron chi connectivity index (χ2n) is 9.07. The van der Waals surface area contributed by atoms with Crippen LogP contribution in [0.5, 0.6) is 0 Å². The Balaban J connectivity index is 1.68. The van der Waals surface area contributed by atoms with Gasteiger partial charge in [-0.2, -0.15) is 0 Å². The summed E-state index contributed by atoms with van der Waals surface area (Å²) < 4.78 is 12.8. The average molecular weight is 438 g/mol. The van der Waals surface area contributed by atoms with E-state index in [0.29, 0.717) is 26.1 Å². The number of benzene rings is 1. The molecule has 0 bridgehead atoms. The molecule has 0 aliphatic carbocycles. The molecule has 3 aliphatic heterocycles. The van der Waals surface area contributed by atoms with Crippen molar-refractivity contribution in [2.45, 2.75) is 52.0 Å². The molecule has 7 heteroatoms. The van der Waals surface area contributed by atoms with Gasteiger partial charge >= 0.3 is 11.9 Å². The highest BCUT2D eigenvalue weighted by atomic mass is 16.5. The van der Waals surface area contributed by atoms with Gasteiger partial charge in [0.05, 0.1) is 31.2 Å². The predicted octanol–water partition coefficient (Wildman–Crippen LogP) is 3.49. The summed E-state index contributed by atoms with van der Waals surface area (Å²) >= 11 is 0. The molecule has 1 saturated heterocycles. The van der Waals surface area contributed by atoms with Crippen LogP contribution in [0.25, 0.3) is 10.9 Å². The molecule has 0 N–H and O–H groups in total. The first-order chi connectivity index (χ1) is 15.6. The number of para-hydroxylation sites is 1. The van der Waals surface area contributed by atoms with E-state index >= 15 is 0 Å². The van der Waals surface area contributed by atoms with Crippen LogP contribution in [-0.2, 0) is 25.5 Å². The van der Waals surface area contributed by atoms with Gasteiger partial charge in [-0.3, -0.25) is 19.5 Å². The zero-order valence-electron chi connectivity index (χ0n) is 18.9. The van der Waals surface area contributed by atoms with Crippen LogP contribution in [0, 0.1) is 5.41 Å². The number of piperidine rings is 1. The fraction of sp³-hybridized carbons (Fsp3) is 0.560. The second kappa shape index (κ2) is 8.35. The Morgan fingerprint density at radius 3 is 2.72 bits per heavy atom. The highest BCUT2D eigenvalue weighted by Crippen LogP contribution is 2.57. The Bertz CT molecular complexity index is 1090. The Labute approximate surface area is 188 Å². The van der Waals surface area contributed by atoms with Crippen LogP contribution in [0.4, 0.5) is 0 Å². The Morgan fingerprint density at radius 1 is 1.12 bits per heavy atom. The van der Waals surface area contributed by atoms with Gasteiger partial charge in [0.25, 0.3) is 0 Å². The highest BCUT2D eigenvalue weighted by molar-refractivity contribution is 6.01. The number of rotatable bonds is 6. The van der Waals surface area contributed by atoms with Crippen molar-refractivity contribution in [3.05, 3.63) is 35.5 Å². The van der Waals surface area contributed by atoms with Crippen LogP contribution in [0.3, 0.4) is 0 Å². The maximum Gasteiger partial charge on any atom is 0.327 e. The molecule has 32 heavy (non-hydrogen) atoms. The molecule has 0 spiro atoms. The highest BCUT2D eigenvalue weighted by Gasteiger charge is 2.54. The van der Waals surface area contributed by atoms with Gasteiger partial charge in [0.15, 0.2) is 0 Å². The van der Waals surface area contributed by atoms with Crippen LogP contribution in [0.15, 0.2) is 29.3 Å². The molecular weight excluding hydrogens is 406 g/mol. The molecule has 2 aromatic rings. The fourth-order valence-corrected chi connectivity index (χ4v) is 6.22. The van der Waals surface area contributed by atoms with Gasteiger partial charge in [-0.1, -0.05) is 18.2 Å². The van der Waals surface area contributed by atoms with Crippen molar-refractivity contribution in [2.24, 2.45) is 10.4 Å². The van der Waals surface area contributed by atoms with Gasteiger partial charge in [-0.25, -0.2) is 0 Å². The summed E-state index contributed by atoms with van der Waals surface area (Å²) in [7, 11) is 0. The van der Waals surface area contributed by atoms with E-state index in [-0.39, 0.29) is 29.9 Å². The molecule has 1 aromatic heterocycles. The number of aliphatic imine (C=N–C) groups is 1. The summed E-state index contributed by atoms with van der Waals surface area (Å²) in [5, 5.41) is 1.25. The maximum atomic E-state index is 12.8. The lowest BCUT2D eigenvalue weighted by Gasteiger charge is -2.54. The molecule has 0 amide bonds. The van der Waals surface area contributed by atoms with E-state index < -0.39 is 0 Å². The largest absolute Gasteiger partial charge is 0.466 e. The lowest BCUT2D eigenvalue weighted by molar-refractivity contribution is -0.149. The summed E-state index contributed by atoms with van der Waals surface area (Å²) in [5.41, 5.74) is 3.49. The Morgan fingerprint density at radius 2 is 1.91 bits per heavy atom. The predicted molar refractivity (Wildman–Crippen MR) is 122 cm³/mol. The third-order valence-electron chi connectivity index (χ3n) is 7.26. The molecule has 7 nitrogen and oxygen atoms in total. The summed E-state index contributed by atoms with van der Waals surface area (Å²) in [4.78, 5) is 32.2. The first kappa shape index (κ1) is 21.2. The van der Waals surface area contributed by atoms with E-state index in [1.165, 1.54) is 16.6 Å². The van der Waals surface area contributed by atoms with E-state index in [0.717, 1.165) is 43.7 Å². The minimum atomic E-state index is -0.322. The van der Waals surface area contributed by atoms with Crippen LogP contribution in [-0.4, -0.2) is 60.1 Å². The van der Waals surface area contributed by atoms with Crippen molar-refractivity contribution in [3.63, 3.8) is 0 Å². The molecule has 5 rings (SSSR count). The molecular formula is C25H31N3O4. The van der Waals surface area contributed by atoms with Gasteiger partial charge in [0.2, 0.25) is 0 Å². The SMILES string of the molecule is CCOC(=O)CN=C1C[C@@]2(CC(=O)OCC)CCCN3CCc4c(n1c1ccccc41)[C@@H]32. The normalized spacial score (nSPS) is 25.6. The summed E-state index contributed by atoms with van der Waals surface area (Å²) in [6, 6.07) is 8.63. The first-order valence-electron chi connectivity index (χ1n) is 11.8. The smallest absolute Gasteiger partial charge is 0.327 e. The van der Waals surface area contributed by atoms with Crippen molar-refractivity contribution in [2.75, 3.05) is 32.8 Å². The van der Waals surface area contributed by atoms with Gasteiger partial charge in [0.1, 0.15) is 12.4 Å². The lowest BCUT2D eigenvalue weighted by atomic mass is 9.64. The van der Waals surface area contributed by atoms with Gasteiger partial charge in [-0.05, 0) is 51.3 Å². The maximum absolute atomic E-state index is 12.8. The summed E-state index contributed by atoms with van der Waals surface area (Å²) in [6.45, 7) is 6.43. The molecule has 4 heterocycles. The van der Waals surface area contributed by atoms with E-state index in [1.807, 2.05) is 6.92 Å². The van der Waals surface area contributed by atoms with E-state index in [9.17, 15) is 9.59 Å². The van der Waals surface area contributed by atoms with Crippen molar-refractivity contribution in [3.8, 4) is 0 Å². The zero-order chi connectivity index (χ0) is 22.3. The average Bonchev–Trinajstić information content (AvgIpc) is 3.12. The first-order valence-corrected chi connectivity index (χ1v) is 11.8. The quantitative estimate of drug-likeness (QED) is 0.647. The number of carbonyl (C=O) groups is 2. The van der Waals surface area contributed by atoms with Crippen molar-refractivity contribution in [1.29, 1.82) is 0 Å². The number of hydrogen-bond donors (Lipinski definition) is 0. The van der Waals surface area contributed by atoms with E-state index in [4.69, 9.17) is 14.5 Å². The number of esters is 2.